The van der Waals surface area contributed by atoms with Gasteiger partial charge in [-0.3, -0.25) is 4.99 Å². The number of benzene rings is 1. The summed E-state index contributed by atoms with van der Waals surface area (Å²) in [7, 11) is -3.19. The van der Waals surface area contributed by atoms with Crippen LogP contribution >= 0.6 is 0 Å². The molecule has 0 aliphatic carbocycles. The zero-order valence-electron chi connectivity index (χ0n) is 12.4. The van der Waals surface area contributed by atoms with Crippen LogP contribution < -0.4 is 5.73 Å². The van der Waals surface area contributed by atoms with E-state index in [-0.39, 0.29) is 5.75 Å². The van der Waals surface area contributed by atoms with Crippen LogP contribution in [0.1, 0.15) is 25.8 Å². The van der Waals surface area contributed by atoms with Crippen LogP contribution in [0, 0.1) is 5.92 Å². The SMILES string of the molecule is CC(C)CN1C(N)=NCC12CCS(=O)(=O)c1ccccc12. The van der Waals surface area contributed by atoms with Crippen molar-refractivity contribution in [2.45, 2.75) is 30.7 Å². The molecule has 1 aromatic carbocycles. The van der Waals surface area contributed by atoms with Gasteiger partial charge in [0.15, 0.2) is 15.8 Å². The van der Waals surface area contributed by atoms with Crippen molar-refractivity contribution in [2.75, 3.05) is 18.8 Å². The summed E-state index contributed by atoms with van der Waals surface area (Å²) in [5, 5.41) is 0. The van der Waals surface area contributed by atoms with Gasteiger partial charge in [-0.2, -0.15) is 0 Å². The maximum Gasteiger partial charge on any atom is 0.192 e. The van der Waals surface area contributed by atoms with Crippen molar-refractivity contribution >= 4 is 15.8 Å². The monoisotopic (exact) mass is 307 g/mol. The minimum absolute atomic E-state index is 0.154. The summed E-state index contributed by atoms with van der Waals surface area (Å²) in [5.74, 6) is 1.11. The molecule has 21 heavy (non-hydrogen) atoms. The molecule has 2 heterocycles. The van der Waals surface area contributed by atoms with Gasteiger partial charge in [0.05, 0.1) is 22.7 Å². The maximum absolute atomic E-state index is 12.3. The summed E-state index contributed by atoms with van der Waals surface area (Å²) in [6.45, 7) is 5.58. The predicted octanol–water partition coefficient (Wildman–Crippen LogP) is 1.35. The van der Waals surface area contributed by atoms with Gasteiger partial charge in [-0.1, -0.05) is 32.0 Å². The highest BCUT2D eigenvalue weighted by Gasteiger charge is 2.49. The lowest BCUT2D eigenvalue weighted by Crippen LogP contribution is -2.53. The standard InChI is InChI=1S/C15H21N3O2S/c1-11(2)9-18-14(16)17-10-15(18)7-8-21(19,20)13-6-4-3-5-12(13)15/h3-6,11H,7-10H2,1-2H3,(H2,16,17). The van der Waals surface area contributed by atoms with Crippen molar-refractivity contribution in [2.24, 2.45) is 16.6 Å². The number of nitrogens with zero attached hydrogens (tertiary/aromatic N) is 2. The molecule has 1 atom stereocenters. The van der Waals surface area contributed by atoms with Crippen LogP contribution in [-0.4, -0.2) is 38.1 Å². The number of hydrogen-bond acceptors (Lipinski definition) is 5. The molecule has 2 aliphatic rings. The fourth-order valence-corrected chi connectivity index (χ4v) is 5.06. The molecular formula is C15H21N3O2S. The minimum Gasteiger partial charge on any atom is -0.370 e. The topological polar surface area (TPSA) is 75.8 Å². The molecule has 114 valence electrons. The molecule has 2 N–H and O–H groups in total. The summed E-state index contributed by atoms with van der Waals surface area (Å²) in [6.07, 6.45) is 0.545. The Hall–Kier alpha value is -1.56. The summed E-state index contributed by atoms with van der Waals surface area (Å²) in [6, 6.07) is 7.28. The van der Waals surface area contributed by atoms with E-state index in [2.05, 4.69) is 23.7 Å². The molecule has 1 aromatic rings. The van der Waals surface area contributed by atoms with Gasteiger partial charge in [0.1, 0.15) is 0 Å². The Balaban J connectivity index is 2.15. The quantitative estimate of drug-likeness (QED) is 0.895. The van der Waals surface area contributed by atoms with E-state index < -0.39 is 15.4 Å². The highest BCUT2D eigenvalue weighted by Crippen LogP contribution is 2.44. The number of nitrogens with two attached hydrogens (primary N) is 1. The van der Waals surface area contributed by atoms with Crippen LogP contribution in [0.25, 0.3) is 0 Å². The van der Waals surface area contributed by atoms with Crippen LogP contribution in [0.2, 0.25) is 0 Å². The van der Waals surface area contributed by atoms with Gasteiger partial charge in [-0.05, 0) is 24.0 Å². The van der Waals surface area contributed by atoms with Gasteiger partial charge in [0.2, 0.25) is 0 Å². The van der Waals surface area contributed by atoms with Gasteiger partial charge in [0.25, 0.3) is 0 Å². The molecule has 0 fully saturated rings. The third-order valence-corrected chi connectivity index (χ3v) is 6.12. The number of sulfone groups is 1. The first kappa shape index (κ1) is 14.4. The Bertz CT molecular complexity index is 697. The molecule has 2 aliphatic heterocycles. The summed E-state index contributed by atoms with van der Waals surface area (Å²) < 4.78 is 24.7. The molecule has 0 bridgehead atoms. The highest BCUT2D eigenvalue weighted by atomic mass is 32.2. The van der Waals surface area contributed by atoms with E-state index in [1.54, 1.807) is 12.1 Å². The van der Waals surface area contributed by atoms with Crippen LogP contribution in [0.5, 0.6) is 0 Å². The Kier molecular flexibility index (Phi) is 3.24. The second-order valence-corrected chi connectivity index (χ2v) is 8.35. The van der Waals surface area contributed by atoms with Crippen molar-refractivity contribution in [1.29, 1.82) is 0 Å². The van der Waals surface area contributed by atoms with Crippen molar-refractivity contribution < 1.29 is 8.42 Å². The zero-order chi connectivity index (χ0) is 15.3. The van der Waals surface area contributed by atoms with Crippen molar-refractivity contribution in [3.63, 3.8) is 0 Å². The Morgan fingerprint density at radius 2 is 2.10 bits per heavy atom. The lowest BCUT2D eigenvalue weighted by atomic mass is 9.85. The van der Waals surface area contributed by atoms with E-state index in [0.29, 0.717) is 29.7 Å². The van der Waals surface area contributed by atoms with Crippen LogP contribution in [0.4, 0.5) is 0 Å². The fraction of sp³-hybridized carbons (Fsp3) is 0.533. The van der Waals surface area contributed by atoms with Gasteiger partial charge >= 0.3 is 0 Å². The highest BCUT2D eigenvalue weighted by molar-refractivity contribution is 7.91. The molecule has 3 rings (SSSR count). The third-order valence-electron chi connectivity index (χ3n) is 4.35. The van der Waals surface area contributed by atoms with Gasteiger partial charge < -0.3 is 10.6 Å². The van der Waals surface area contributed by atoms with E-state index in [9.17, 15) is 8.42 Å². The summed E-state index contributed by atoms with van der Waals surface area (Å²) in [4.78, 5) is 6.96. The number of aliphatic imine (C=N–C) groups is 1. The summed E-state index contributed by atoms with van der Waals surface area (Å²) in [5.41, 5.74) is 6.54. The number of rotatable bonds is 2. The van der Waals surface area contributed by atoms with Crippen molar-refractivity contribution in [3.05, 3.63) is 29.8 Å². The number of guanidine groups is 1. The van der Waals surface area contributed by atoms with E-state index in [0.717, 1.165) is 12.1 Å². The Morgan fingerprint density at radius 1 is 1.38 bits per heavy atom. The summed E-state index contributed by atoms with van der Waals surface area (Å²) >= 11 is 0. The van der Waals surface area contributed by atoms with Crippen LogP contribution in [0.3, 0.4) is 0 Å². The molecule has 0 saturated heterocycles. The average Bonchev–Trinajstić information content (AvgIpc) is 2.74. The molecule has 0 radical (unpaired) electrons. The molecule has 6 heteroatoms. The first-order valence-electron chi connectivity index (χ1n) is 7.27. The minimum atomic E-state index is -3.19. The molecule has 0 saturated carbocycles. The molecule has 0 aromatic heterocycles. The van der Waals surface area contributed by atoms with Gasteiger partial charge in [-0.25, -0.2) is 8.42 Å². The predicted molar refractivity (Wildman–Crippen MR) is 82.8 cm³/mol. The maximum atomic E-state index is 12.3. The first-order chi connectivity index (χ1) is 9.87. The van der Waals surface area contributed by atoms with E-state index in [4.69, 9.17) is 5.73 Å². The Labute approximate surface area is 125 Å². The second-order valence-electron chi connectivity index (χ2n) is 6.28. The average molecular weight is 307 g/mol. The third kappa shape index (κ3) is 2.12. The number of hydrogen-bond donors (Lipinski definition) is 1. The van der Waals surface area contributed by atoms with Crippen molar-refractivity contribution in [1.82, 2.24) is 4.90 Å². The van der Waals surface area contributed by atoms with Crippen molar-refractivity contribution in [3.8, 4) is 0 Å². The fourth-order valence-electron chi connectivity index (χ4n) is 3.35. The molecule has 1 unspecified atom stereocenters. The lowest BCUT2D eigenvalue weighted by Gasteiger charge is -2.43. The van der Waals surface area contributed by atoms with E-state index in [1.807, 2.05) is 12.1 Å². The zero-order valence-corrected chi connectivity index (χ0v) is 13.2. The van der Waals surface area contributed by atoms with E-state index in [1.165, 1.54) is 0 Å². The molecular weight excluding hydrogens is 286 g/mol. The first-order valence-corrected chi connectivity index (χ1v) is 8.92. The van der Waals surface area contributed by atoms with Crippen LogP contribution in [0.15, 0.2) is 34.2 Å². The van der Waals surface area contributed by atoms with E-state index >= 15 is 0 Å². The number of fused-ring (bicyclic) bond motifs is 2. The molecule has 0 amide bonds. The molecule has 1 spiro atoms. The van der Waals surface area contributed by atoms with Gasteiger partial charge in [0, 0.05) is 6.54 Å². The largest absolute Gasteiger partial charge is 0.370 e. The van der Waals surface area contributed by atoms with Crippen LogP contribution in [-0.2, 0) is 15.4 Å². The Morgan fingerprint density at radius 3 is 2.81 bits per heavy atom. The lowest BCUT2D eigenvalue weighted by molar-refractivity contribution is 0.170. The van der Waals surface area contributed by atoms with Gasteiger partial charge in [-0.15, -0.1) is 0 Å². The smallest absolute Gasteiger partial charge is 0.192 e. The molecule has 5 nitrogen and oxygen atoms in total. The second kappa shape index (κ2) is 4.73. The normalized spacial score (nSPS) is 27.0.